The van der Waals surface area contributed by atoms with Crippen molar-refractivity contribution in [3.63, 3.8) is 0 Å². The van der Waals surface area contributed by atoms with Gasteiger partial charge in [0.2, 0.25) is 0 Å². The summed E-state index contributed by atoms with van der Waals surface area (Å²) in [4.78, 5) is 0. The second-order valence-corrected chi connectivity index (χ2v) is 5.13. The number of nitrogens with one attached hydrogen (secondary N) is 1. The average molecular weight is 250 g/mol. The molecule has 0 aliphatic carbocycles. The van der Waals surface area contributed by atoms with Crippen LogP contribution in [0.2, 0.25) is 0 Å². The van der Waals surface area contributed by atoms with Gasteiger partial charge in [0.25, 0.3) is 0 Å². The van der Waals surface area contributed by atoms with Gasteiger partial charge in [-0.2, -0.15) is 22.1 Å². The van der Waals surface area contributed by atoms with Crippen LogP contribution < -0.4 is 5.32 Å². The molecule has 0 unspecified atom stereocenters. The summed E-state index contributed by atoms with van der Waals surface area (Å²) in [7, 11) is 0. The van der Waals surface area contributed by atoms with Gasteiger partial charge in [0.05, 0.1) is 11.8 Å². The summed E-state index contributed by atoms with van der Waals surface area (Å²) in [6.07, 6.45) is 5.82. The predicted octanol–water partition coefficient (Wildman–Crippen LogP) is 2.68. The van der Waals surface area contributed by atoms with Crippen LogP contribution in [0, 0.1) is 11.3 Å². The fourth-order valence-corrected chi connectivity index (χ4v) is 2.45. The summed E-state index contributed by atoms with van der Waals surface area (Å²) < 4.78 is 0.199. The highest BCUT2D eigenvalue weighted by Crippen LogP contribution is 2.30. The maximum Gasteiger partial charge on any atom is 0.166 e. The molecule has 1 N–H and O–H groups in total. The highest BCUT2D eigenvalue weighted by atomic mass is 32.2. The van der Waals surface area contributed by atoms with E-state index in [2.05, 4.69) is 41.7 Å². The fourth-order valence-electron chi connectivity index (χ4n) is 1.66. The van der Waals surface area contributed by atoms with Crippen LogP contribution in [0.25, 0.3) is 0 Å². The third-order valence-electron chi connectivity index (χ3n) is 3.14. The topological polar surface area (TPSA) is 61.6 Å². The predicted molar refractivity (Wildman–Crippen MR) is 72.1 cm³/mol. The lowest BCUT2D eigenvalue weighted by molar-refractivity contribution is 0.573. The molecular weight excluding hydrogens is 232 g/mol. The first-order valence-corrected chi connectivity index (χ1v) is 6.94. The highest BCUT2D eigenvalue weighted by Gasteiger charge is 2.25. The molecule has 1 aromatic rings. The molecule has 0 aromatic carbocycles. The maximum atomic E-state index is 8.96. The summed E-state index contributed by atoms with van der Waals surface area (Å²) in [5.74, 6) is 0.579. The van der Waals surface area contributed by atoms with Crippen LogP contribution in [0.4, 0.5) is 5.82 Å². The quantitative estimate of drug-likeness (QED) is 0.841. The molecule has 0 spiro atoms. The van der Waals surface area contributed by atoms with Crippen LogP contribution in [0.3, 0.4) is 0 Å². The van der Waals surface area contributed by atoms with Gasteiger partial charge in [-0.05, 0) is 25.2 Å². The Morgan fingerprint density at radius 1 is 1.47 bits per heavy atom. The van der Waals surface area contributed by atoms with E-state index >= 15 is 0 Å². The molecule has 0 saturated carbocycles. The van der Waals surface area contributed by atoms with Gasteiger partial charge in [-0.1, -0.05) is 13.8 Å². The van der Waals surface area contributed by atoms with Crippen molar-refractivity contribution in [3.05, 3.63) is 17.8 Å². The fraction of sp³-hybridized carbons (Fsp3) is 0.583. The van der Waals surface area contributed by atoms with Gasteiger partial charge in [-0.25, -0.2) is 0 Å². The Balaban J connectivity index is 2.76. The normalized spacial score (nSPS) is 10.9. The maximum absolute atomic E-state index is 8.96. The molecule has 4 nitrogen and oxygen atoms in total. The van der Waals surface area contributed by atoms with Crippen molar-refractivity contribution >= 4 is 17.6 Å². The van der Waals surface area contributed by atoms with E-state index in [0.717, 1.165) is 19.4 Å². The van der Waals surface area contributed by atoms with Crippen molar-refractivity contribution in [1.82, 2.24) is 10.2 Å². The van der Waals surface area contributed by atoms with E-state index in [-0.39, 0.29) is 4.75 Å². The van der Waals surface area contributed by atoms with Gasteiger partial charge in [0.1, 0.15) is 6.07 Å². The zero-order valence-electron chi connectivity index (χ0n) is 10.5. The molecule has 1 heterocycles. The molecule has 0 aliphatic heterocycles. The molecule has 1 aromatic heterocycles. The molecule has 1 rings (SSSR count). The minimum Gasteiger partial charge on any atom is -0.366 e. The van der Waals surface area contributed by atoms with Gasteiger partial charge < -0.3 is 5.32 Å². The first-order valence-electron chi connectivity index (χ1n) is 5.72. The monoisotopic (exact) mass is 250 g/mol. The number of hydrogen-bond acceptors (Lipinski definition) is 5. The first kappa shape index (κ1) is 13.8. The second-order valence-electron chi connectivity index (χ2n) is 3.85. The molecule has 92 valence electrons. The zero-order valence-corrected chi connectivity index (χ0v) is 11.3. The molecule has 0 aliphatic rings. The molecule has 0 fully saturated rings. The van der Waals surface area contributed by atoms with Crippen LogP contribution in [0.15, 0.2) is 12.3 Å². The molecule has 0 bridgehead atoms. The lowest BCUT2D eigenvalue weighted by Gasteiger charge is -2.30. The van der Waals surface area contributed by atoms with E-state index in [9.17, 15) is 0 Å². The van der Waals surface area contributed by atoms with E-state index in [1.807, 2.05) is 11.8 Å². The summed E-state index contributed by atoms with van der Waals surface area (Å²) in [6.45, 7) is 5.17. The smallest absolute Gasteiger partial charge is 0.166 e. The summed E-state index contributed by atoms with van der Waals surface area (Å²) in [5, 5.41) is 20.0. The Labute approximate surface area is 107 Å². The van der Waals surface area contributed by atoms with Gasteiger partial charge in [-0.15, -0.1) is 5.10 Å². The van der Waals surface area contributed by atoms with E-state index in [1.165, 1.54) is 6.20 Å². The Kier molecular flexibility index (Phi) is 5.23. The summed E-state index contributed by atoms with van der Waals surface area (Å²) in [5.41, 5.74) is 0.544. The number of nitrogens with zero attached hydrogens (tertiary/aromatic N) is 3. The molecule has 0 saturated heterocycles. The zero-order chi connectivity index (χ0) is 12.7. The van der Waals surface area contributed by atoms with Crippen molar-refractivity contribution in [3.8, 4) is 6.07 Å². The van der Waals surface area contributed by atoms with Crippen LogP contribution in [-0.4, -0.2) is 27.7 Å². The van der Waals surface area contributed by atoms with Crippen LogP contribution in [0.1, 0.15) is 32.3 Å². The standard InChI is InChI=1S/C12H18N4S/c1-4-12(5-2,17-3)9-14-11-10(8-13)6-7-15-16-11/h6-7H,4-5,9H2,1-3H3,(H,14,16). The summed E-state index contributed by atoms with van der Waals surface area (Å²) in [6, 6.07) is 3.79. The number of nitriles is 1. The van der Waals surface area contributed by atoms with Crippen LogP contribution in [0.5, 0.6) is 0 Å². The number of anilines is 1. The Morgan fingerprint density at radius 3 is 2.71 bits per heavy atom. The lowest BCUT2D eigenvalue weighted by atomic mass is 10.0. The lowest BCUT2D eigenvalue weighted by Crippen LogP contribution is -2.32. The molecule has 5 heteroatoms. The molecule has 0 atom stereocenters. The van der Waals surface area contributed by atoms with E-state index in [1.54, 1.807) is 6.07 Å². The largest absolute Gasteiger partial charge is 0.366 e. The molecule has 17 heavy (non-hydrogen) atoms. The van der Waals surface area contributed by atoms with E-state index in [0.29, 0.717) is 11.4 Å². The third kappa shape index (κ3) is 3.34. The molecule has 0 amide bonds. The number of hydrogen-bond donors (Lipinski definition) is 1. The highest BCUT2D eigenvalue weighted by molar-refractivity contribution is 8.00. The third-order valence-corrected chi connectivity index (χ3v) is 4.73. The number of thioether (sulfide) groups is 1. The molecular formula is C12H18N4S. The van der Waals surface area contributed by atoms with Crippen molar-refractivity contribution in [1.29, 1.82) is 5.26 Å². The van der Waals surface area contributed by atoms with E-state index < -0.39 is 0 Å². The Morgan fingerprint density at radius 2 is 2.18 bits per heavy atom. The first-order chi connectivity index (χ1) is 8.21. The Hall–Kier alpha value is -1.28. The SMILES string of the molecule is CCC(CC)(CNc1nnccc1C#N)SC. The summed E-state index contributed by atoms with van der Waals surface area (Å²) >= 11 is 1.86. The van der Waals surface area contributed by atoms with Crippen LogP contribution >= 0.6 is 11.8 Å². The van der Waals surface area contributed by atoms with Crippen molar-refractivity contribution < 1.29 is 0 Å². The number of aromatic nitrogens is 2. The van der Waals surface area contributed by atoms with Gasteiger partial charge in [0.15, 0.2) is 5.82 Å². The van der Waals surface area contributed by atoms with E-state index in [4.69, 9.17) is 5.26 Å². The molecule has 0 radical (unpaired) electrons. The van der Waals surface area contributed by atoms with Gasteiger partial charge >= 0.3 is 0 Å². The Bertz CT molecular complexity index is 387. The minimum absolute atomic E-state index is 0.199. The van der Waals surface area contributed by atoms with Gasteiger partial charge in [-0.3, -0.25) is 0 Å². The van der Waals surface area contributed by atoms with Crippen molar-refractivity contribution in [2.75, 3.05) is 18.1 Å². The average Bonchev–Trinajstić information content (AvgIpc) is 2.41. The van der Waals surface area contributed by atoms with Crippen LogP contribution in [-0.2, 0) is 0 Å². The van der Waals surface area contributed by atoms with Crippen molar-refractivity contribution in [2.45, 2.75) is 31.4 Å². The van der Waals surface area contributed by atoms with Crippen molar-refractivity contribution in [2.24, 2.45) is 0 Å². The second kappa shape index (κ2) is 6.45. The number of rotatable bonds is 6. The van der Waals surface area contributed by atoms with Gasteiger partial charge in [0, 0.05) is 11.3 Å². The minimum atomic E-state index is 0.199.